The molecule has 0 spiro atoms. The van der Waals surface area contributed by atoms with Crippen molar-refractivity contribution >= 4 is 11.0 Å². The maximum absolute atomic E-state index is 12.9. The van der Waals surface area contributed by atoms with Gasteiger partial charge >= 0.3 is 0 Å². The minimum atomic E-state index is -0.220. The van der Waals surface area contributed by atoms with Crippen LogP contribution in [0.25, 0.3) is 11.0 Å². The first-order valence-corrected chi connectivity index (χ1v) is 6.15. The topological polar surface area (TPSA) is 43.8 Å². The zero-order chi connectivity index (χ0) is 13.2. The molecule has 3 aromatic rings. The summed E-state index contributed by atoms with van der Waals surface area (Å²) in [5.41, 5.74) is 8.77. The smallest absolute Gasteiger partial charge is 0.140 e. The van der Waals surface area contributed by atoms with Gasteiger partial charge in [0.2, 0.25) is 0 Å². The molecule has 2 aromatic heterocycles. The zero-order valence-electron chi connectivity index (χ0n) is 10.4. The van der Waals surface area contributed by atoms with E-state index in [1.165, 1.54) is 12.1 Å². The molecule has 1 aromatic carbocycles. The number of halogens is 1. The monoisotopic (exact) mass is 255 g/mol. The number of fused-ring (bicyclic) bond motifs is 1. The lowest BCUT2D eigenvalue weighted by Crippen LogP contribution is -1.99. The van der Waals surface area contributed by atoms with Crippen molar-refractivity contribution in [3.05, 3.63) is 65.7 Å². The van der Waals surface area contributed by atoms with Crippen molar-refractivity contribution in [1.82, 2.24) is 9.55 Å². The third-order valence-corrected chi connectivity index (χ3v) is 3.20. The van der Waals surface area contributed by atoms with Crippen LogP contribution >= 0.6 is 0 Å². The van der Waals surface area contributed by atoms with Crippen LogP contribution in [0.5, 0.6) is 0 Å². The van der Waals surface area contributed by atoms with Gasteiger partial charge in [0.1, 0.15) is 11.5 Å². The minimum absolute atomic E-state index is 0.220. The molecule has 3 rings (SSSR count). The molecule has 0 saturated heterocycles. The molecular weight excluding hydrogens is 241 g/mol. The molecular formula is C15H14FN3. The first-order chi connectivity index (χ1) is 9.28. The van der Waals surface area contributed by atoms with Crippen molar-refractivity contribution in [2.24, 2.45) is 5.73 Å². The predicted molar refractivity (Wildman–Crippen MR) is 73.1 cm³/mol. The third kappa shape index (κ3) is 2.22. The highest BCUT2D eigenvalue weighted by Gasteiger charge is 2.08. The Kier molecular flexibility index (Phi) is 3.01. The van der Waals surface area contributed by atoms with Crippen molar-refractivity contribution in [2.45, 2.75) is 13.1 Å². The molecule has 96 valence electrons. The first kappa shape index (κ1) is 11.9. The molecule has 3 nitrogen and oxygen atoms in total. The van der Waals surface area contributed by atoms with Crippen LogP contribution in [0.1, 0.15) is 11.1 Å². The number of rotatable bonds is 3. The fourth-order valence-electron chi connectivity index (χ4n) is 2.26. The summed E-state index contributed by atoms with van der Waals surface area (Å²) in [6.45, 7) is 1.15. The minimum Gasteiger partial charge on any atom is -0.328 e. The molecule has 0 atom stereocenters. The van der Waals surface area contributed by atoms with E-state index in [9.17, 15) is 4.39 Å². The van der Waals surface area contributed by atoms with E-state index < -0.39 is 0 Å². The maximum Gasteiger partial charge on any atom is 0.140 e. The number of hydrogen-bond acceptors (Lipinski definition) is 2. The lowest BCUT2D eigenvalue weighted by atomic mass is 10.2. The van der Waals surface area contributed by atoms with Crippen LogP contribution < -0.4 is 5.73 Å². The average Bonchev–Trinajstić information content (AvgIpc) is 2.80. The maximum atomic E-state index is 12.9. The normalized spacial score (nSPS) is 11.1. The standard InChI is InChI=1S/C15H14FN3/c16-13-5-3-11(4-6-13)9-19-10-12(8-17)14-2-1-7-18-15(14)19/h1-7,10H,8-9,17H2. The second kappa shape index (κ2) is 4.82. The lowest BCUT2D eigenvalue weighted by molar-refractivity contribution is 0.626. The van der Waals surface area contributed by atoms with E-state index in [0.29, 0.717) is 13.1 Å². The highest BCUT2D eigenvalue weighted by Crippen LogP contribution is 2.20. The van der Waals surface area contributed by atoms with Crippen LogP contribution in [0.3, 0.4) is 0 Å². The summed E-state index contributed by atoms with van der Waals surface area (Å²) in [4.78, 5) is 4.40. The molecule has 2 N–H and O–H groups in total. The molecule has 0 radical (unpaired) electrons. The molecule has 0 amide bonds. The van der Waals surface area contributed by atoms with E-state index >= 15 is 0 Å². The Morgan fingerprint density at radius 3 is 2.68 bits per heavy atom. The molecule has 2 heterocycles. The van der Waals surface area contributed by atoms with Crippen LogP contribution in [0.4, 0.5) is 4.39 Å². The Bertz CT molecular complexity index is 701. The molecule has 0 unspecified atom stereocenters. The first-order valence-electron chi connectivity index (χ1n) is 6.15. The van der Waals surface area contributed by atoms with Gasteiger partial charge in [0.15, 0.2) is 0 Å². The highest BCUT2D eigenvalue weighted by atomic mass is 19.1. The van der Waals surface area contributed by atoms with Crippen LogP contribution in [-0.2, 0) is 13.1 Å². The van der Waals surface area contributed by atoms with E-state index in [0.717, 1.165) is 22.2 Å². The van der Waals surface area contributed by atoms with Gasteiger partial charge in [-0.15, -0.1) is 0 Å². The van der Waals surface area contributed by atoms with Crippen molar-refractivity contribution in [3.8, 4) is 0 Å². The van der Waals surface area contributed by atoms with Gasteiger partial charge in [-0.2, -0.15) is 0 Å². The summed E-state index contributed by atoms with van der Waals surface area (Å²) < 4.78 is 14.9. The summed E-state index contributed by atoms with van der Waals surface area (Å²) in [6, 6.07) is 10.4. The quantitative estimate of drug-likeness (QED) is 0.782. The molecule has 0 aliphatic heterocycles. The average molecular weight is 255 g/mol. The van der Waals surface area contributed by atoms with Gasteiger partial charge in [-0.25, -0.2) is 9.37 Å². The lowest BCUT2D eigenvalue weighted by Gasteiger charge is -2.04. The van der Waals surface area contributed by atoms with E-state index in [1.807, 2.05) is 22.9 Å². The Morgan fingerprint density at radius 2 is 1.95 bits per heavy atom. The van der Waals surface area contributed by atoms with Crippen LogP contribution in [0.2, 0.25) is 0 Å². The fraction of sp³-hybridized carbons (Fsp3) is 0.133. The SMILES string of the molecule is NCc1cn(Cc2ccc(F)cc2)c2ncccc12. The Hall–Kier alpha value is -2.20. The second-order valence-electron chi connectivity index (χ2n) is 4.49. The second-order valence-corrected chi connectivity index (χ2v) is 4.49. The number of hydrogen-bond donors (Lipinski definition) is 1. The van der Waals surface area contributed by atoms with Crippen LogP contribution in [0, 0.1) is 5.82 Å². The van der Waals surface area contributed by atoms with Crippen LogP contribution in [0.15, 0.2) is 48.8 Å². The van der Waals surface area contributed by atoms with E-state index in [4.69, 9.17) is 5.73 Å². The molecule has 0 fully saturated rings. The van der Waals surface area contributed by atoms with Gasteiger partial charge in [-0.3, -0.25) is 0 Å². The van der Waals surface area contributed by atoms with Crippen molar-refractivity contribution < 1.29 is 4.39 Å². The summed E-state index contributed by atoms with van der Waals surface area (Å²) in [5.74, 6) is -0.220. The van der Waals surface area contributed by atoms with Gasteiger partial charge in [-0.1, -0.05) is 12.1 Å². The zero-order valence-corrected chi connectivity index (χ0v) is 10.4. The third-order valence-electron chi connectivity index (χ3n) is 3.20. The van der Waals surface area contributed by atoms with E-state index in [-0.39, 0.29) is 5.82 Å². The fourth-order valence-corrected chi connectivity index (χ4v) is 2.26. The molecule has 0 aliphatic rings. The Labute approximate surface area is 110 Å². The summed E-state index contributed by atoms with van der Waals surface area (Å²) >= 11 is 0. The van der Waals surface area contributed by atoms with Gasteiger partial charge in [-0.05, 0) is 35.4 Å². The molecule has 0 saturated carbocycles. The number of nitrogens with zero attached hydrogens (tertiary/aromatic N) is 2. The molecule has 0 aliphatic carbocycles. The number of nitrogens with two attached hydrogens (primary N) is 1. The van der Waals surface area contributed by atoms with Crippen LogP contribution in [-0.4, -0.2) is 9.55 Å². The molecule has 19 heavy (non-hydrogen) atoms. The molecule has 4 heteroatoms. The number of benzene rings is 1. The number of pyridine rings is 1. The highest BCUT2D eigenvalue weighted by molar-refractivity contribution is 5.80. The molecule has 0 bridgehead atoms. The van der Waals surface area contributed by atoms with Crippen molar-refractivity contribution in [1.29, 1.82) is 0 Å². The van der Waals surface area contributed by atoms with Gasteiger partial charge in [0.25, 0.3) is 0 Å². The summed E-state index contributed by atoms with van der Waals surface area (Å²) in [5, 5.41) is 1.08. The summed E-state index contributed by atoms with van der Waals surface area (Å²) in [6.07, 6.45) is 3.78. The van der Waals surface area contributed by atoms with Gasteiger partial charge in [0.05, 0.1) is 0 Å². The van der Waals surface area contributed by atoms with Crippen molar-refractivity contribution in [2.75, 3.05) is 0 Å². The van der Waals surface area contributed by atoms with Gasteiger partial charge in [0, 0.05) is 30.9 Å². The van der Waals surface area contributed by atoms with E-state index in [2.05, 4.69) is 4.98 Å². The largest absolute Gasteiger partial charge is 0.328 e. The Balaban J connectivity index is 2.03. The predicted octanol–water partition coefficient (Wildman–Crippen LogP) is 2.68. The van der Waals surface area contributed by atoms with E-state index in [1.54, 1.807) is 18.3 Å². The number of aromatic nitrogens is 2. The van der Waals surface area contributed by atoms with Crippen molar-refractivity contribution in [3.63, 3.8) is 0 Å². The summed E-state index contributed by atoms with van der Waals surface area (Å²) in [7, 11) is 0. The Morgan fingerprint density at radius 1 is 1.16 bits per heavy atom. The van der Waals surface area contributed by atoms with Gasteiger partial charge < -0.3 is 10.3 Å².